The van der Waals surface area contributed by atoms with Crippen LogP contribution in [0.4, 0.5) is 5.00 Å². The van der Waals surface area contributed by atoms with Gasteiger partial charge in [-0.1, -0.05) is 36.4 Å². The molecule has 0 spiro atoms. The number of phenols is 1. The Hall–Kier alpha value is -3.91. The number of hydrogen-bond donors (Lipinski definition) is 4. The zero-order valence-electron chi connectivity index (χ0n) is 19.4. The van der Waals surface area contributed by atoms with Gasteiger partial charge in [0.25, 0.3) is 11.8 Å². The Bertz CT molecular complexity index is 1390. The number of aryl methyl sites for hydroxylation is 2. The monoisotopic (exact) mass is 486 g/mol. The van der Waals surface area contributed by atoms with Crippen LogP contribution in [0, 0.1) is 6.92 Å². The summed E-state index contributed by atoms with van der Waals surface area (Å²) in [5, 5.41) is 23.7. The minimum absolute atomic E-state index is 0.103. The SMILES string of the molecule is Cc1ccc(-c2cc(C(=O)Nc3sc4c(c3C(=O)NCc3ccccc3)CCCC4)[nH]n2)c(O)c1. The molecule has 0 bridgehead atoms. The molecule has 0 aliphatic heterocycles. The van der Waals surface area contributed by atoms with Crippen molar-refractivity contribution in [1.82, 2.24) is 15.5 Å². The van der Waals surface area contributed by atoms with Crippen LogP contribution < -0.4 is 10.6 Å². The summed E-state index contributed by atoms with van der Waals surface area (Å²) in [5.41, 5.74) is 4.81. The highest BCUT2D eigenvalue weighted by atomic mass is 32.1. The summed E-state index contributed by atoms with van der Waals surface area (Å²) in [5.74, 6) is -0.462. The van der Waals surface area contributed by atoms with Gasteiger partial charge < -0.3 is 15.7 Å². The van der Waals surface area contributed by atoms with E-state index in [2.05, 4.69) is 20.8 Å². The summed E-state index contributed by atoms with van der Waals surface area (Å²) in [6.45, 7) is 2.31. The molecule has 7 nitrogen and oxygen atoms in total. The number of carbonyl (C=O) groups excluding carboxylic acids is 2. The summed E-state index contributed by atoms with van der Waals surface area (Å²) in [7, 11) is 0. The maximum atomic E-state index is 13.2. The molecule has 0 radical (unpaired) electrons. The number of H-pyrrole nitrogens is 1. The van der Waals surface area contributed by atoms with Crippen LogP contribution in [0.1, 0.15) is 55.3 Å². The standard InChI is InChI=1S/C27H26N4O3S/c1-16-11-12-18(22(32)13-16)20-14-21(31-30-20)25(33)29-27-24(19-9-5-6-10-23(19)35-27)26(34)28-15-17-7-3-2-4-8-17/h2-4,7-8,11-14,32H,5-6,9-10,15H2,1H3,(H,28,34)(H,29,33)(H,30,31). The number of aromatic nitrogens is 2. The van der Waals surface area contributed by atoms with Crippen molar-refractivity contribution in [2.75, 3.05) is 5.32 Å². The first kappa shape index (κ1) is 22.9. The molecule has 2 aromatic carbocycles. The smallest absolute Gasteiger partial charge is 0.274 e. The molecule has 0 fully saturated rings. The summed E-state index contributed by atoms with van der Waals surface area (Å²) in [6, 6.07) is 16.6. The maximum absolute atomic E-state index is 13.2. The quantitative estimate of drug-likeness (QED) is 0.300. The third-order valence-electron chi connectivity index (χ3n) is 6.17. The largest absolute Gasteiger partial charge is 0.507 e. The molecule has 4 N–H and O–H groups in total. The van der Waals surface area contributed by atoms with Crippen LogP contribution in [0.2, 0.25) is 0 Å². The van der Waals surface area contributed by atoms with Gasteiger partial charge in [0.15, 0.2) is 0 Å². The van der Waals surface area contributed by atoms with E-state index in [4.69, 9.17) is 0 Å². The third kappa shape index (κ3) is 4.83. The van der Waals surface area contributed by atoms with E-state index in [1.165, 1.54) is 11.3 Å². The minimum atomic E-state index is -0.383. The number of benzene rings is 2. The number of thiophene rings is 1. The van der Waals surface area contributed by atoms with Crippen LogP contribution in [-0.2, 0) is 19.4 Å². The van der Waals surface area contributed by atoms with E-state index in [0.29, 0.717) is 28.4 Å². The van der Waals surface area contributed by atoms with Gasteiger partial charge in [0.2, 0.25) is 0 Å². The number of rotatable bonds is 6. The number of anilines is 1. The average Bonchev–Trinajstić information content (AvgIpc) is 3.48. The first-order valence-electron chi connectivity index (χ1n) is 11.6. The van der Waals surface area contributed by atoms with E-state index in [1.54, 1.807) is 18.2 Å². The number of carbonyl (C=O) groups is 2. The van der Waals surface area contributed by atoms with Gasteiger partial charge in [-0.25, -0.2) is 0 Å². The van der Waals surface area contributed by atoms with E-state index in [9.17, 15) is 14.7 Å². The predicted molar refractivity (Wildman–Crippen MR) is 137 cm³/mol. The van der Waals surface area contributed by atoms with E-state index in [-0.39, 0.29) is 23.3 Å². The lowest BCUT2D eigenvalue weighted by Gasteiger charge is -2.13. The van der Waals surface area contributed by atoms with Crippen LogP contribution >= 0.6 is 11.3 Å². The van der Waals surface area contributed by atoms with Gasteiger partial charge in [-0.2, -0.15) is 5.10 Å². The van der Waals surface area contributed by atoms with Crippen molar-refractivity contribution in [3.63, 3.8) is 0 Å². The van der Waals surface area contributed by atoms with Crippen LogP contribution in [0.15, 0.2) is 54.6 Å². The summed E-state index contributed by atoms with van der Waals surface area (Å²) in [6.07, 6.45) is 3.85. The van der Waals surface area contributed by atoms with Gasteiger partial charge in [-0.05, 0) is 67.5 Å². The Labute approximate surface area is 207 Å². The molecule has 0 saturated carbocycles. The Morgan fingerprint density at radius 3 is 2.66 bits per heavy atom. The molecule has 1 aliphatic carbocycles. The molecule has 8 heteroatoms. The fourth-order valence-electron chi connectivity index (χ4n) is 4.37. The lowest BCUT2D eigenvalue weighted by atomic mass is 9.95. The predicted octanol–water partition coefficient (Wildman–Crippen LogP) is 5.21. The average molecular weight is 487 g/mol. The van der Waals surface area contributed by atoms with Crippen LogP contribution in [0.3, 0.4) is 0 Å². The molecule has 4 aromatic rings. The van der Waals surface area contributed by atoms with Gasteiger partial charge in [0.1, 0.15) is 16.4 Å². The van der Waals surface area contributed by atoms with Crippen molar-refractivity contribution in [1.29, 1.82) is 0 Å². The first-order valence-corrected chi connectivity index (χ1v) is 12.4. The fraction of sp³-hybridized carbons (Fsp3) is 0.222. The maximum Gasteiger partial charge on any atom is 0.274 e. The highest BCUT2D eigenvalue weighted by molar-refractivity contribution is 7.17. The second kappa shape index (κ2) is 9.76. The highest BCUT2D eigenvalue weighted by Crippen LogP contribution is 2.38. The molecule has 5 rings (SSSR count). The molecule has 178 valence electrons. The molecule has 0 unspecified atom stereocenters. The summed E-state index contributed by atoms with van der Waals surface area (Å²) >= 11 is 1.48. The molecular weight excluding hydrogens is 460 g/mol. The number of aromatic amines is 1. The van der Waals surface area contributed by atoms with Gasteiger partial charge >= 0.3 is 0 Å². The zero-order chi connectivity index (χ0) is 24.4. The topological polar surface area (TPSA) is 107 Å². The number of nitrogens with one attached hydrogen (secondary N) is 3. The third-order valence-corrected chi connectivity index (χ3v) is 7.38. The summed E-state index contributed by atoms with van der Waals surface area (Å²) < 4.78 is 0. The van der Waals surface area contributed by atoms with Crippen LogP contribution in [0.5, 0.6) is 5.75 Å². The van der Waals surface area contributed by atoms with E-state index in [0.717, 1.165) is 47.3 Å². The van der Waals surface area contributed by atoms with E-state index in [1.807, 2.05) is 43.3 Å². The number of nitrogens with zero attached hydrogens (tertiary/aromatic N) is 1. The molecule has 0 atom stereocenters. The normalized spacial score (nSPS) is 12.7. The van der Waals surface area contributed by atoms with Crippen molar-refractivity contribution in [3.05, 3.63) is 87.4 Å². The molecule has 35 heavy (non-hydrogen) atoms. The first-order chi connectivity index (χ1) is 17.0. The van der Waals surface area contributed by atoms with Crippen molar-refractivity contribution >= 4 is 28.2 Å². The Morgan fingerprint density at radius 1 is 1.06 bits per heavy atom. The number of fused-ring (bicyclic) bond motifs is 1. The minimum Gasteiger partial charge on any atom is -0.507 e. The van der Waals surface area contributed by atoms with Crippen LogP contribution in [-0.4, -0.2) is 27.1 Å². The van der Waals surface area contributed by atoms with Crippen molar-refractivity contribution in [3.8, 4) is 17.0 Å². The molecule has 1 aliphatic rings. The number of phenolic OH excluding ortho intramolecular Hbond substituents is 1. The van der Waals surface area contributed by atoms with Crippen molar-refractivity contribution in [2.24, 2.45) is 0 Å². The van der Waals surface area contributed by atoms with E-state index < -0.39 is 0 Å². The number of hydrogen-bond acceptors (Lipinski definition) is 5. The Balaban J connectivity index is 1.38. The van der Waals surface area contributed by atoms with Gasteiger partial charge in [0.05, 0.1) is 11.3 Å². The van der Waals surface area contributed by atoms with Crippen molar-refractivity contribution in [2.45, 2.75) is 39.2 Å². The lowest BCUT2D eigenvalue weighted by Crippen LogP contribution is -2.25. The van der Waals surface area contributed by atoms with Gasteiger partial charge in [-0.15, -0.1) is 11.3 Å². The van der Waals surface area contributed by atoms with Gasteiger partial charge in [-0.3, -0.25) is 14.7 Å². The Morgan fingerprint density at radius 2 is 1.86 bits per heavy atom. The molecule has 0 saturated heterocycles. The Kier molecular flexibility index (Phi) is 6.37. The second-order valence-electron chi connectivity index (χ2n) is 8.72. The van der Waals surface area contributed by atoms with Crippen molar-refractivity contribution < 1.29 is 14.7 Å². The highest BCUT2D eigenvalue weighted by Gasteiger charge is 2.27. The summed E-state index contributed by atoms with van der Waals surface area (Å²) in [4.78, 5) is 27.5. The molecule has 2 aromatic heterocycles. The molecule has 2 heterocycles. The molecular formula is C27H26N4O3S. The van der Waals surface area contributed by atoms with Gasteiger partial charge in [0, 0.05) is 17.0 Å². The van der Waals surface area contributed by atoms with Crippen LogP contribution in [0.25, 0.3) is 11.3 Å². The second-order valence-corrected chi connectivity index (χ2v) is 9.83. The number of amides is 2. The lowest BCUT2D eigenvalue weighted by molar-refractivity contribution is 0.0951. The fourth-order valence-corrected chi connectivity index (χ4v) is 5.65. The zero-order valence-corrected chi connectivity index (χ0v) is 20.2. The van der Waals surface area contributed by atoms with E-state index >= 15 is 0 Å². The molecule has 2 amide bonds. The number of aromatic hydroxyl groups is 1.